The number of sulfone groups is 1. The molecule has 1 aliphatic carbocycles. The van der Waals surface area contributed by atoms with Gasteiger partial charge in [0.05, 0.1) is 11.5 Å². The average Bonchev–Trinajstić information content (AvgIpc) is 2.82. The molecule has 1 atom stereocenters. The van der Waals surface area contributed by atoms with Crippen LogP contribution in [0.1, 0.15) is 38.5 Å². The summed E-state index contributed by atoms with van der Waals surface area (Å²) in [6, 6.07) is 0.488. The topological polar surface area (TPSA) is 70.6 Å². The molecule has 22 heavy (non-hydrogen) atoms. The van der Waals surface area contributed by atoms with Crippen molar-refractivity contribution in [3.8, 4) is 0 Å². The van der Waals surface area contributed by atoms with E-state index in [0.717, 1.165) is 12.4 Å². The Morgan fingerprint density at radius 1 is 1.23 bits per heavy atom. The summed E-state index contributed by atoms with van der Waals surface area (Å²) in [5.41, 5.74) is 0. The Morgan fingerprint density at radius 3 is 2.55 bits per heavy atom. The minimum Gasteiger partial charge on any atom is -0.354 e. The highest BCUT2D eigenvalue weighted by Crippen LogP contribution is 2.19. The minimum atomic E-state index is -2.81. The van der Waals surface area contributed by atoms with Crippen molar-refractivity contribution in [1.82, 2.24) is 10.6 Å². The Morgan fingerprint density at radius 2 is 1.95 bits per heavy atom. The van der Waals surface area contributed by atoms with Gasteiger partial charge in [0, 0.05) is 19.1 Å². The normalized spacial score (nSPS) is 25.3. The Hall–Kier alpha value is -0.310. The fourth-order valence-corrected chi connectivity index (χ4v) is 4.85. The van der Waals surface area contributed by atoms with Crippen LogP contribution in [-0.2, 0) is 9.84 Å². The highest BCUT2D eigenvalue weighted by molar-refractivity contribution is 14.0. The van der Waals surface area contributed by atoms with Crippen molar-refractivity contribution < 1.29 is 8.42 Å². The summed E-state index contributed by atoms with van der Waals surface area (Å²) >= 11 is 0. The van der Waals surface area contributed by atoms with E-state index in [1.165, 1.54) is 32.1 Å². The number of aliphatic imine (C=N–C) groups is 1. The number of hydrogen-bond acceptors (Lipinski definition) is 3. The molecule has 0 aromatic rings. The first-order valence-corrected chi connectivity index (χ1v) is 9.77. The largest absolute Gasteiger partial charge is 0.354 e. The van der Waals surface area contributed by atoms with Crippen LogP contribution in [0.3, 0.4) is 0 Å². The standard InChI is InChI=1S/C15H27N3O2S.HI/c1-2-9-16-15(18-14-6-4-3-5-7-14)17-11-13-8-10-21(19,20)12-13;/h2,13-14H,1,3-12H2,(H2,16,17,18);1H. The number of hydrogen-bond donors (Lipinski definition) is 2. The second-order valence-electron chi connectivity index (χ2n) is 6.11. The lowest BCUT2D eigenvalue weighted by molar-refractivity contribution is 0.410. The zero-order valence-corrected chi connectivity index (χ0v) is 16.2. The predicted octanol–water partition coefficient (Wildman–Crippen LogP) is 2.09. The molecule has 1 heterocycles. The van der Waals surface area contributed by atoms with Gasteiger partial charge < -0.3 is 10.6 Å². The van der Waals surface area contributed by atoms with Gasteiger partial charge in [-0.25, -0.2) is 8.42 Å². The fraction of sp³-hybridized carbons (Fsp3) is 0.800. The molecule has 0 radical (unpaired) electrons. The van der Waals surface area contributed by atoms with Gasteiger partial charge >= 0.3 is 0 Å². The highest BCUT2D eigenvalue weighted by atomic mass is 127. The maximum Gasteiger partial charge on any atom is 0.191 e. The van der Waals surface area contributed by atoms with Crippen LogP contribution in [0.4, 0.5) is 0 Å². The van der Waals surface area contributed by atoms with E-state index in [1.807, 2.05) is 0 Å². The van der Waals surface area contributed by atoms with Crippen molar-refractivity contribution in [1.29, 1.82) is 0 Å². The Kier molecular flexibility index (Phi) is 8.74. The fourth-order valence-electron chi connectivity index (χ4n) is 3.00. The molecule has 2 fully saturated rings. The lowest BCUT2D eigenvalue weighted by Gasteiger charge is -2.25. The van der Waals surface area contributed by atoms with Crippen molar-refractivity contribution in [3.63, 3.8) is 0 Å². The number of nitrogens with one attached hydrogen (secondary N) is 2. The molecule has 0 bridgehead atoms. The van der Waals surface area contributed by atoms with Crippen LogP contribution in [0, 0.1) is 5.92 Å². The molecule has 2 aliphatic rings. The molecular formula is C15H28IN3O2S. The van der Waals surface area contributed by atoms with Gasteiger partial charge in [0.2, 0.25) is 0 Å². The first kappa shape index (κ1) is 19.7. The third-order valence-corrected chi connectivity index (χ3v) is 6.03. The van der Waals surface area contributed by atoms with E-state index in [-0.39, 0.29) is 35.6 Å². The van der Waals surface area contributed by atoms with Gasteiger partial charge in [0.1, 0.15) is 0 Å². The second-order valence-corrected chi connectivity index (χ2v) is 8.34. The predicted molar refractivity (Wildman–Crippen MR) is 103 cm³/mol. The first-order valence-electron chi connectivity index (χ1n) is 7.95. The maximum atomic E-state index is 11.5. The zero-order valence-electron chi connectivity index (χ0n) is 13.1. The molecule has 0 spiro atoms. The molecule has 1 unspecified atom stereocenters. The van der Waals surface area contributed by atoms with Gasteiger partial charge in [0.25, 0.3) is 0 Å². The monoisotopic (exact) mass is 441 g/mol. The highest BCUT2D eigenvalue weighted by Gasteiger charge is 2.27. The molecule has 5 nitrogen and oxygen atoms in total. The average molecular weight is 441 g/mol. The third-order valence-electron chi connectivity index (χ3n) is 4.19. The third kappa shape index (κ3) is 6.85. The molecule has 128 valence electrons. The van der Waals surface area contributed by atoms with Crippen LogP contribution in [0.2, 0.25) is 0 Å². The molecule has 1 aliphatic heterocycles. The number of rotatable bonds is 5. The summed E-state index contributed by atoms with van der Waals surface area (Å²) in [6.45, 7) is 4.96. The van der Waals surface area contributed by atoms with Crippen LogP contribution in [-0.4, -0.2) is 45.0 Å². The van der Waals surface area contributed by atoms with E-state index < -0.39 is 9.84 Å². The Labute approximate surface area is 151 Å². The molecule has 0 aromatic heterocycles. The number of nitrogens with zero attached hydrogens (tertiary/aromatic N) is 1. The molecule has 0 aromatic carbocycles. The number of halogens is 1. The van der Waals surface area contributed by atoms with Crippen LogP contribution in [0.15, 0.2) is 17.6 Å². The van der Waals surface area contributed by atoms with Crippen LogP contribution < -0.4 is 10.6 Å². The summed E-state index contributed by atoms with van der Waals surface area (Å²) < 4.78 is 23.0. The molecule has 1 saturated heterocycles. The molecule has 1 saturated carbocycles. The molecule has 7 heteroatoms. The van der Waals surface area contributed by atoms with E-state index in [1.54, 1.807) is 6.08 Å². The lowest BCUT2D eigenvalue weighted by atomic mass is 9.96. The van der Waals surface area contributed by atoms with Gasteiger partial charge in [0.15, 0.2) is 15.8 Å². The van der Waals surface area contributed by atoms with Gasteiger partial charge in [-0.15, -0.1) is 30.6 Å². The van der Waals surface area contributed by atoms with Gasteiger partial charge in [-0.2, -0.15) is 0 Å². The van der Waals surface area contributed by atoms with E-state index in [4.69, 9.17) is 0 Å². The van der Waals surface area contributed by atoms with Crippen molar-refractivity contribution in [2.45, 2.75) is 44.6 Å². The van der Waals surface area contributed by atoms with Crippen molar-refractivity contribution >= 4 is 39.8 Å². The molecule has 2 rings (SSSR count). The van der Waals surface area contributed by atoms with E-state index in [0.29, 0.717) is 24.9 Å². The maximum absolute atomic E-state index is 11.5. The van der Waals surface area contributed by atoms with E-state index in [9.17, 15) is 8.42 Å². The number of guanidine groups is 1. The zero-order chi connectivity index (χ0) is 15.1. The molecule has 2 N–H and O–H groups in total. The van der Waals surface area contributed by atoms with E-state index >= 15 is 0 Å². The minimum absolute atomic E-state index is 0. The van der Waals surface area contributed by atoms with Crippen LogP contribution in [0.25, 0.3) is 0 Å². The summed E-state index contributed by atoms with van der Waals surface area (Å²) in [5.74, 6) is 1.57. The van der Waals surface area contributed by atoms with Crippen LogP contribution >= 0.6 is 24.0 Å². The molecule has 0 amide bonds. The van der Waals surface area contributed by atoms with Gasteiger partial charge in [-0.1, -0.05) is 25.3 Å². The summed E-state index contributed by atoms with van der Waals surface area (Å²) in [7, 11) is -2.81. The first-order chi connectivity index (χ1) is 10.1. The SMILES string of the molecule is C=CCNC(=NCC1CCS(=O)(=O)C1)NC1CCCCC1.I. The smallest absolute Gasteiger partial charge is 0.191 e. The van der Waals surface area contributed by atoms with Crippen LogP contribution in [0.5, 0.6) is 0 Å². The lowest BCUT2D eigenvalue weighted by Crippen LogP contribution is -2.44. The van der Waals surface area contributed by atoms with Gasteiger partial charge in [-0.05, 0) is 25.2 Å². The van der Waals surface area contributed by atoms with Crippen molar-refractivity contribution in [3.05, 3.63) is 12.7 Å². The second kappa shape index (κ2) is 9.75. The van der Waals surface area contributed by atoms with Crippen molar-refractivity contribution in [2.75, 3.05) is 24.6 Å². The summed E-state index contributed by atoms with van der Waals surface area (Å²) in [6.07, 6.45) is 8.78. The molecular weight excluding hydrogens is 413 g/mol. The van der Waals surface area contributed by atoms with Crippen molar-refractivity contribution in [2.24, 2.45) is 10.9 Å². The Bertz CT molecular complexity index is 473. The van der Waals surface area contributed by atoms with Gasteiger partial charge in [-0.3, -0.25) is 4.99 Å². The summed E-state index contributed by atoms with van der Waals surface area (Å²) in [4.78, 5) is 4.59. The Balaban J connectivity index is 0.00000242. The quantitative estimate of drug-likeness (QED) is 0.297. The van der Waals surface area contributed by atoms with E-state index in [2.05, 4.69) is 22.2 Å². The summed E-state index contributed by atoms with van der Waals surface area (Å²) in [5, 5.41) is 6.71.